The van der Waals surface area contributed by atoms with Gasteiger partial charge in [0.05, 0.1) is 9.79 Å². The first-order valence-electron chi connectivity index (χ1n) is 8.83. The van der Waals surface area contributed by atoms with Crippen LogP contribution in [0.5, 0.6) is 0 Å². The molecule has 3 aromatic rings. The van der Waals surface area contributed by atoms with Crippen molar-refractivity contribution in [1.29, 1.82) is 0 Å². The molecule has 7 heteroatoms. The molecule has 1 saturated heterocycles. The molecule has 1 aromatic heterocycles. The fourth-order valence-electron chi connectivity index (χ4n) is 3.51. The molecule has 0 saturated carbocycles. The second-order valence-electron chi connectivity index (χ2n) is 6.68. The minimum Gasteiger partial charge on any atom is -0.341 e. The zero-order valence-electron chi connectivity index (χ0n) is 14.6. The largest absolute Gasteiger partial charge is 0.341 e. The van der Waals surface area contributed by atoms with Gasteiger partial charge in [0.1, 0.15) is 12.4 Å². The van der Waals surface area contributed by atoms with Crippen LogP contribution in [-0.2, 0) is 21.2 Å². The molecule has 0 bridgehead atoms. The maximum atomic E-state index is 13.2. The fourth-order valence-corrected chi connectivity index (χ4v) is 4.99. The quantitative estimate of drug-likeness (QED) is 0.647. The molecule has 0 radical (unpaired) electrons. The van der Waals surface area contributed by atoms with E-state index in [1.165, 1.54) is 18.3 Å². The molecule has 0 N–H and O–H groups in total. The summed E-state index contributed by atoms with van der Waals surface area (Å²) in [5.74, 6) is -0.508. The standard InChI is InChI=1S/C20H19FN2O3S/c21-15-7-9-16(10-8-15)27(25,26)19-13-23(18-6-2-1-5-17(18)19)14-20(24)22-11-3-4-12-22/h1-2,5-10,13H,3-4,11-12,14H2. The monoisotopic (exact) mass is 386 g/mol. The average Bonchev–Trinajstić information content (AvgIpc) is 3.31. The number of carbonyl (C=O) groups is 1. The number of sulfone groups is 1. The summed E-state index contributed by atoms with van der Waals surface area (Å²) in [6.45, 7) is 1.59. The molecule has 0 spiro atoms. The molecular formula is C20H19FN2O3S. The van der Waals surface area contributed by atoms with Crippen LogP contribution in [0, 0.1) is 5.82 Å². The van der Waals surface area contributed by atoms with Crippen LogP contribution in [0.4, 0.5) is 4.39 Å². The Kier molecular flexibility index (Phi) is 4.47. The van der Waals surface area contributed by atoms with Crippen molar-refractivity contribution in [2.75, 3.05) is 13.1 Å². The predicted octanol–water partition coefficient (Wildman–Crippen LogP) is 3.24. The molecule has 5 nitrogen and oxygen atoms in total. The summed E-state index contributed by atoms with van der Waals surface area (Å²) in [4.78, 5) is 14.5. The number of hydrogen-bond donors (Lipinski definition) is 0. The lowest BCUT2D eigenvalue weighted by atomic mass is 10.2. The van der Waals surface area contributed by atoms with E-state index in [2.05, 4.69) is 0 Å². The average molecular weight is 386 g/mol. The highest BCUT2D eigenvalue weighted by Gasteiger charge is 2.25. The van der Waals surface area contributed by atoms with Crippen LogP contribution in [0.25, 0.3) is 10.9 Å². The lowest BCUT2D eigenvalue weighted by Crippen LogP contribution is -2.30. The van der Waals surface area contributed by atoms with Crippen molar-refractivity contribution < 1.29 is 17.6 Å². The minimum atomic E-state index is -3.83. The van der Waals surface area contributed by atoms with Crippen molar-refractivity contribution in [3.63, 3.8) is 0 Å². The molecule has 1 aliphatic heterocycles. The highest BCUT2D eigenvalue weighted by Crippen LogP contribution is 2.30. The second-order valence-corrected chi connectivity index (χ2v) is 8.60. The highest BCUT2D eigenvalue weighted by molar-refractivity contribution is 7.91. The van der Waals surface area contributed by atoms with Crippen LogP contribution < -0.4 is 0 Å². The molecule has 27 heavy (non-hydrogen) atoms. The normalized spacial score (nSPS) is 14.8. The van der Waals surface area contributed by atoms with Gasteiger partial charge in [-0.3, -0.25) is 4.79 Å². The third kappa shape index (κ3) is 3.23. The number of likely N-dealkylation sites (tertiary alicyclic amines) is 1. The first kappa shape index (κ1) is 17.7. The Labute approximate surface area is 156 Å². The molecule has 0 unspecified atom stereocenters. The van der Waals surface area contributed by atoms with Gasteiger partial charge in [0, 0.05) is 30.2 Å². The van der Waals surface area contributed by atoms with Crippen molar-refractivity contribution in [1.82, 2.24) is 9.47 Å². The van der Waals surface area contributed by atoms with Gasteiger partial charge in [-0.2, -0.15) is 0 Å². The molecule has 2 heterocycles. The van der Waals surface area contributed by atoms with Crippen molar-refractivity contribution in [2.24, 2.45) is 0 Å². The first-order chi connectivity index (χ1) is 13.0. The van der Waals surface area contributed by atoms with Gasteiger partial charge in [-0.15, -0.1) is 0 Å². The fraction of sp³-hybridized carbons (Fsp3) is 0.250. The molecule has 1 fully saturated rings. The van der Waals surface area contributed by atoms with Gasteiger partial charge < -0.3 is 9.47 Å². The smallest absolute Gasteiger partial charge is 0.242 e. The number of aromatic nitrogens is 1. The van der Waals surface area contributed by atoms with Crippen LogP contribution in [0.1, 0.15) is 12.8 Å². The van der Waals surface area contributed by atoms with Gasteiger partial charge in [-0.05, 0) is 43.2 Å². The van der Waals surface area contributed by atoms with Gasteiger partial charge in [-0.1, -0.05) is 18.2 Å². The maximum absolute atomic E-state index is 13.2. The Morgan fingerprint density at radius 2 is 1.67 bits per heavy atom. The lowest BCUT2D eigenvalue weighted by Gasteiger charge is -2.15. The SMILES string of the molecule is O=C(Cn1cc(S(=O)(=O)c2ccc(F)cc2)c2ccccc21)N1CCCC1. The van der Waals surface area contributed by atoms with Gasteiger partial charge in [-0.25, -0.2) is 12.8 Å². The van der Waals surface area contributed by atoms with E-state index in [0.717, 1.165) is 38.1 Å². The summed E-state index contributed by atoms with van der Waals surface area (Å²) in [5, 5.41) is 0.552. The van der Waals surface area contributed by atoms with Crippen molar-refractivity contribution in [3.05, 3.63) is 60.5 Å². The summed E-state index contributed by atoms with van der Waals surface area (Å²) in [6.07, 6.45) is 3.52. The van der Waals surface area contributed by atoms with E-state index in [-0.39, 0.29) is 22.2 Å². The summed E-state index contributed by atoms with van der Waals surface area (Å²) in [7, 11) is -3.83. The summed E-state index contributed by atoms with van der Waals surface area (Å²) >= 11 is 0. The number of benzene rings is 2. The van der Waals surface area contributed by atoms with E-state index in [1.807, 2.05) is 11.0 Å². The second kappa shape index (κ2) is 6.81. The summed E-state index contributed by atoms with van der Waals surface area (Å²) in [6, 6.07) is 11.9. The van der Waals surface area contributed by atoms with Crippen molar-refractivity contribution in [2.45, 2.75) is 29.2 Å². The Morgan fingerprint density at radius 3 is 2.37 bits per heavy atom. The molecule has 1 aliphatic rings. The molecule has 140 valence electrons. The third-order valence-electron chi connectivity index (χ3n) is 4.93. The number of hydrogen-bond acceptors (Lipinski definition) is 3. The molecule has 4 rings (SSSR count). The van der Waals surface area contributed by atoms with Gasteiger partial charge in [0.25, 0.3) is 0 Å². The van der Waals surface area contributed by atoms with E-state index in [0.29, 0.717) is 10.9 Å². The lowest BCUT2D eigenvalue weighted by molar-refractivity contribution is -0.130. The van der Waals surface area contributed by atoms with Crippen LogP contribution in [0.2, 0.25) is 0 Å². The molecule has 2 aromatic carbocycles. The Bertz CT molecular complexity index is 1100. The van der Waals surface area contributed by atoms with E-state index in [4.69, 9.17) is 0 Å². The van der Waals surface area contributed by atoms with Crippen molar-refractivity contribution in [3.8, 4) is 0 Å². The van der Waals surface area contributed by atoms with E-state index in [9.17, 15) is 17.6 Å². The first-order valence-corrected chi connectivity index (χ1v) is 10.3. The minimum absolute atomic E-state index is 0.0148. The topological polar surface area (TPSA) is 59.4 Å². The van der Waals surface area contributed by atoms with Gasteiger partial charge >= 0.3 is 0 Å². The summed E-state index contributed by atoms with van der Waals surface area (Å²) in [5.41, 5.74) is 0.686. The number of carbonyl (C=O) groups excluding carboxylic acids is 1. The van der Waals surface area contributed by atoms with E-state index < -0.39 is 15.7 Å². The number of amides is 1. The Hall–Kier alpha value is -2.67. The van der Waals surface area contributed by atoms with Crippen LogP contribution in [0.3, 0.4) is 0 Å². The third-order valence-corrected chi connectivity index (χ3v) is 6.73. The summed E-state index contributed by atoms with van der Waals surface area (Å²) < 4.78 is 41.0. The molecule has 1 amide bonds. The number of nitrogens with zero attached hydrogens (tertiary/aromatic N) is 2. The van der Waals surface area contributed by atoms with Crippen LogP contribution in [0.15, 0.2) is 64.5 Å². The van der Waals surface area contributed by atoms with E-state index >= 15 is 0 Å². The molecule has 0 aliphatic carbocycles. The predicted molar refractivity (Wildman–Crippen MR) is 99.6 cm³/mol. The van der Waals surface area contributed by atoms with Crippen molar-refractivity contribution >= 4 is 26.6 Å². The zero-order valence-corrected chi connectivity index (χ0v) is 15.5. The highest BCUT2D eigenvalue weighted by atomic mass is 32.2. The van der Waals surface area contributed by atoms with Gasteiger partial charge in [0.15, 0.2) is 0 Å². The Balaban J connectivity index is 1.77. The molecule has 0 atom stereocenters. The molecular weight excluding hydrogens is 367 g/mol. The van der Waals surface area contributed by atoms with Gasteiger partial charge in [0.2, 0.25) is 15.7 Å². The number of fused-ring (bicyclic) bond motifs is 1. The van der Waals surface area contributed by atoms with Crippen LogP contribution >= 0.6 is 0 Å². The van der Waals surface area contributed by atoms with Crippen LogP contribution in [-0.4, -0.2) is 36.9 Å². The number of para-hydroxylation sites is 1. The Morgan fingerprint density at radius 1 is 1.00 bits per heavy atom. The number of rotatable bonds is 4. The zero-order chi connectivity index (χ0) is 19.0. The maximum Gasteiger partial charge on any atom is 0.242 e. The number of halogens is 1. The van der Waals surface area contributed by atoms with E-state index in [1.54, 1.807) is 22.8 Å².